The first-order valence-electron chi connectivity index (χ1n) is 11.2. The Morgan fingerprint density at radius 1 is 1.17 bits per heavy atom. The summed E-state index contributed by atoms with van der Waals surface area (Å²) in [6.45, 7) is 8.30. The lowest BCUT2D eigenvalue weighted by atomic mass is 10.1. The van der Waals surface area contributed by atoms with Gasteiger partial charge < -0.3 is 9.47 Å². The summed E-state index contributed by atoms with van der Waals surface area (Å²) in [5, 5.41) is 4.53. The van der Waals surface area contributed by atoms with Crippen LogP contribution in [0.2, 0.25) is 0 Å². The predicted molar refractivity (Wildman–Crippen MR) is 113 cm³/mol. The Bertz CT molecular complexity index is 962. The number of hydrogen-bond acceptors (Lipinski definition) is 5. The summed E-state index contributed by atoms with van der Waals surface area (Å²) < 4.78 is 13.1. The van der Waals surface area contributed by atoms with Crippen molar-refractivity contribution in [1.82, 2.24) is 14.8 Å². The molecule has 0 saturated heterocycles. The third-order valence-electron chi connectivity index (χ3n) is 7.19. The monoisotopic (exact) mass is 409 g/mol. The van der Waals surface area contributed by atoms with Gasteiger partial charge in [0, 0.05) is 12.3 Å². The quantitative estimate of drug-likeness (QED) is 0.618. The van der Waals surface area contributed by atoms with Crippen LogP contribution in [-0.4, -0.2) is 32.9 Å². The number of nitrogens with zero attached hydrogens (tertiary/aromatic N) is 3. The van der Waals surface area contributed by atoms with Gasteiger partial charge in [-0.25, -0.2) is 14.5 Å². The van der Waals surface area contributed by atoms with E-state index in [1.807, 2.05) is 40.0 Å². The van der Waals surface area contributed by atoms with Crippen molar-refractivity contribution < 1.29 is 14.3 Å². The van der Waals surface area contributed by atoms with Gasteiger partial charge in [-0.15, -0.1) is 5.10 Å². The lowest BCUT2D eigenvalue weighted by Gasteiger charge is -2.20. The normalized spacial score (nSPS) is 20.4. The summed E-state index contributed by atoms with van der Waals surface area (Å²) in [5.41, 5.74) is 2.14. The molecule has 0 aromatic carbocycles. The molecule has 0 radical (unpaired) electrons. The van der Waals surface area contributed by atoms with E-state index < -0.39 is 5.60 Å². The second-order valence-electron chi connectivity index (χ2n) is 10.1. The molecule has 0 aliphatic heterocycles. The molecule has 2 aromatic rings. The van der Waals surface area contributed by atoms with E-state index >= 15 is 0 Å². The Morgan fingerprint density at radius 2 is 1.87 bits per heavy atom. The molecule has 0 unspecified atom stereocenters. The first-order chi connectivity index (χ1) is 14.3. The maximum atomic E-state index is 12.5. The first-order valence-corrected chi connectivity index (χ1v) is 11.2. The fourth-order valence-corrected chi connectivity index (χ4v) is 5.55. The molecule has 2 heterocycles. The maximum absolute atomic E-state index is 12.5. The largest absolute Gasteiger partial charge is 0.477 e. The van der Waals surface area contributed by atoms with Crippen molar-refractivity contribution in [2.75, 3.05) is 6.61 Å². The number of hydrogen-bond donors (Lipinski definition) is 0. The summed E-state index contributed by atoms with van der Waals surface area (Å²) in [4.78, 5) is 17.1. The SMILES string of the molecule is CCc1nc(-n2ccc(OCCC3C4(CC4)C34CC4)n2)ccc1C(=O)OC(C)(C)C. The number of aromatic nitrogens is 3. The highest BCUT2D eigenvalue weighted by Crippen LogP contribution is 2.93. The lowest BCUT2D eigenvalue weighted by molar-refractivity contribution is 0.00678. The van der Waals surface area contributed by atoms with Gasteiger partial charge in [0.15, 0.2) is 5.82 Å². The van der Waals surface area contributed by atoms with Crippen LogP contribution in [-0.2, 0) is 11.2 Å². The van der Waals surface area contributed by atoms with Crippen molar-refractivity contribution in [2.24, 2.45) is 16.7 Å². The molecule has 0 amide bonds. The molecule has 5 rings (SSSR count). The van der Waals surface area contributed by atoms with Crippen LogP contribution >= 0.6 is 0 Å². The van der Waals surface area contributed by atoms with E-state index in [1.54, 1.807) is 16.8 Å². The number of fused-ring (bicyclic) bond motifs is 1. The molecule has 3 aliphatic rings. The molecule has 6 nitrogen and oxygen atoms in total. The molecule has 2 spiro atoms. The smallest absolute Gasteiger partial charge is 0.340 e. The number of esters is 1. The van der Waals surface area contributed by atoms with Crippen molar-refractivity contribution in [3.05, 3.63) is 35.7 Å². The van der Waals surface area contributed by atoms with E-state index in [4.69, 9.17) is 9.47 Å². The zero-order chi connectivity index (χ0) is 21.1. The minimum absolute atomic E-state index is 0.343. The predicted octanol–water partition coefficient (Wildman–Crippen LogP) is 4.74. The molecule has 0 bridgehead atoms. The van der Waals surface area contributed by atoms with Crippen LogP contribution in [0.15, 0.2) is 24.4 Å². The summed E-state index contributed by atoms with van der Waals surface area (Å²) in [5.74, 6) is 1.84. The van der Waals surface area contributed by atoms with Gasteiger partial charge >= 0.3 is 5.97 Å². The van der Waals surface area contributed by atoms with Crippen LogP contribution < -0.4 is 4.74 Å². The third-order valence-corrected chi connectivity index (χ3v) is 7.19. The second-order valence-corrected chi connectivity index (χ2v) is 10.1. The highest BCUT2D eigenvalue weighted by Gasteiger charge is 2.85. The molecule has 0 N–H and O–H groups in total. The molecule has 0 atom stereocenters. The van der Waals surface area contributed by atoms with E-state index in [0.29, 0.717) is 29.4 Å². The highest BCUT2D eigenvalue weighted by molar-refractivity contribution is 5.91. The second kappa shape index (κ2) is 6.56. The van der Waals surface area contributed by atoms with E-state index in [9.17, 15) is 4.79 Å². The maximum Gasteiger partial charge on any atom is 0.340 e. The Kier molecular flexibility index (Phi) is 4.28. The molecular formula is C24H31N3O3. The molecule has 2 aromatic heterocycles. The van der Waals surface area contributed by atoms with Crippen molar-refractivity contribution in [3.63, 3.8) is 0 Å². The zero-order valence-corrected chi connectivity index (χ0v) is 18.4. The number of rotatable bonds is 7. The van der Waals surface area contributed by atoms with Gasteiger partial charge in [-0.05, 0) is 88.2 Å². The molecule has 160 valence electrons. The topological polar surface area (TPSA) is 66.2 Å². The van der Waals surface area contributed by atoms with Crippen LogP contribution in [0.3, 0.4) is 0 Å². The summed E-state index contributed by atoms with van der Waals surface area (Å²) in [7, 11) is 0. The minimum atomic E-state index is -0.534. The van der Waals surface area contributed by atoms with Crippen LogP contribution in [0.25, 0.3) is 5.82 Å². The Labute approximate surface area is 178 Å². The van der Waals surface area contributed by atoms with Gasteiger partial charge in [0.05, 0.1) is 17.9 Å². The van der Waals surface area contributed by atoms with Crippen LogP contribution in [0.1, 0.15) is 75.9 Å². The minimum Gasteiger partial charge on any atom is -0.477 e. The standard InChI is InChI=1S/C24H31N3O3/c1-5-17-16(21(28)30-22(2,3)4)6-7-19(25-17)27-14-8-20(26-27)29-15-9-18-23(10-11-23)24(18)12-13-24/h6-8,14,18H,5,9-13,15H2,1-4H3. The fraction of sp³-hybridized carbons (Fsp3) is 0.625. The fourth-order valence-electron chi connectivity index (χ4n) is 5.55. The molecule has 3 fully saturated rings. The molecular weight excluding hydrogens is 378 g/mol. The number of ether oxygens (including phenoxy) is 2. The molecule has 6 heteroatoms. The van der Waals surface area contributed by atoms with E-state index in [-0.39, 0.29) is 5.97 Å². The number of aryl methyl sites for hydroxylation is 1. The summed E-state index contributed by atoms with van der Waals surface area (Å²) in [6, 6.07) is 5.45. The number of carbonyl (C=O) groups excluding carboxylic acids is 1. The van der Waals surface area contributed by atoms with Gasteiger partial charge in [0.25, 0.3) is 0 Å². The van der Waals surface area contributed by atoms with Gasteiger partial charge in [-0.1, -0.05) is 6.92 Å². The molecule has 30 heavy (non-hydrogen) atoms. The van der Waals surface area contributed by atoms with E-state index in [2.05, 4.69) is 10.1 Å². The Hall–Kier alpha value is -2.37. The average Bonchev–Trinajstić information content (AvgIpc) is 3.64. The summed E-state index contributed by atoms with van der Waals surface area (Å²) in [6.07, 6.45) is 9.40. The van der Waals surface area contributed by atoms with Crippen LogP contribution in [0, 0.1) is 16.7 Å². The van der Waals surface area contributed by atoms with Gasteiger partial charge in [-0.3, -0.25) is 0 Å². The number of pyridine rings is 1. The van der Waals surface area contributed by atoms with Crippen LogP contribution in [0.4, 0.5) is 0 Å². The first kappa shape index (κ1) is 19.6. The Morgan fingerprint density at radius 3 is 2.47 bits per heavy atom. The van der Waals surface area contributed by atoms with Gasteiger partial charge in [-0.2, -0.15) is 0 Å². The zero-order valence-electron chi connectivity index (χ0n) is 18.4. The van der Waals surface area contributed by atoms with Gasteiger partial charge in [0.2, 0.25) is 5.88 Å². The third kappa shape index (κ3) is 3.21. The number of carbonyl (C=O) groups is 1. The van der Waals surface area contributed by atoms with Crippen molar-refractivity contribution in [1.29, 1.82) is 0 Å². The molecule has 3 aliphatic carbocycles. The van der Waals surface area contributed by atoms with E-state index in [1.165, 1.54) is 25.7 Å². The van der Waals surface area contributed by atoms with Gasteiger partial charge in [0.1, 0.15) is 5.60 Å². The van der Waals surface area contributed by atoms with Crippen molar-refractivity contribution >= 4 is 5.97 Å². The lowest BCUT2D eigenvalue weighted by Crippen LogP contribution is -2.25. The highest BCUT2D eigenvalue weighted by atomic mass is 16.6. The Balaban J connectivity index is 1.22. The van der Waals surface area contributed by atoms with Crippen LogP contribution in [0.5, 0.6) is 5.88 Å². The van der Waals surface area contributed by atoms with E-state index in [0.717, 1.165) is 29.8 Å². The average molecular weight is 410 g/mol. The molecule has 3 saturated carbocycles. The van der Waals surface area contributed by atoms with Crippen molar-refractivity contribution in [3.8, 4) is 11.7 Å². The van der Waals surface area contributed by atoms with Crippen molar-refractivity contribution in [2.45, 2.75) is 71.8 Å². The summed E-state index contributed by atoms with van der Waals surface area (Å²) >= 11 is 0.